The van der Waals surface area contributed by atoms with Crippen molar-refractivity contribution >= 4 is 11.7 Å². The van der Waals surface area contributed by atoms with E-state index in [0.29, 0.717) is 18.2 Å². The molecule has 98 valence electrons. The topological polar surface area (TPSA) is 40.6 Å². The standard InChI is InChI=1S/C13H24N2O2/c1-14(2)13(17)5-4-10-15(3)11-6-8-12(16)9-7-11/h11H,4-10H2,1-3H3. The number of carbonyl (C=O) groups is 2. The zero-order chi connectivity index (χ0) is 12.8. The lowest BCUT2D eigenvalue weighted by molar-refractivity contribution is -0.128. The minimum Gasteiger partial charge on any atom is -0.349 e. The Kier molecular flexibility index (Phi) is 5.62. The summed E-state index contributed by atoms with van der Waals surface area (Å²) in [7, 11) is 5.68. The highest BCUT2D eigenvalue weighted by Gasteiger charge is 2.21. The monoisotopic (exact) mass is 240 g/mol. The molecule has 0 aromatic carbocycles. The maximum atomic E-state index is 11.4. The lowest BCUT2D eigenvalue weighted by Gasteiger charge is -2.30. The Morgan fingerprint density at radius 2 is 1.82 bits per heavy atom. The van der Waals surface area contributed by atoms with Crippen molar-refractivity contribution < 1.29 is 9.59 Å². The van der Waals surface area contributed by atoms with E-state index >= 15 is 0 Å². The van der Waals surface area contributed by atoms with Crippen LogP contribution in [0.1, 0.15) is 38.5 Å². The molecule has 1 saturated carbocycles. The maximum Gasteiger partial charge on any atom is 0.222 e. The Balaban J connectivity index is 2.18. The van der Waals surface area contributed by atoms with Crippen molar-refractivity contribution in [1.29, 1.82) is 0 Å². The van der Waals surface area contributed by atoms with Gasteiger partial charge in [0.05, 0.1) is 0 Å². The van der Waals surface area contributed by atoms with Crippen LogP contribution in [-0.4, -0.2) is 55.2 Å². The van der Waals surface area contributed by atoms with E-state index in [4.69, 9.17) is 0 Å². The summed E-state index contributed by atoms with van der Waals surface area (Å²) in [5, 5.41) is 0. The van der Waals surface area contributed by atoms with Crippen LogP contribution in [0.15, 0.2) is 0 Å². The zero-order valence-corrected chi connectivity index (χ0v) is 11.2. The molecule has 1 fully saturated rings. The Morgan fingerprint density at radius 3 is 2.35 bits per heavy atom. The molecule has 1 aliphatic carbocycles. The Bertz CT molecular complexity index is 267. The van der Waals surface area contributed by atoms with E-state index in [1.807, 2.05) is 0 Å². The van der Waals surface area contributed by atoms with Gasteiger partial charge in [-0.3, -0.25) is 9.59 Å². The summed E-state index contributed by atoms with van der Waals surface area (Å²) in [5.74, 6) is 0.592. The molecule has 0 aromatic rings. The van der Waals surface area contributed by atoms with Crippen LogP contribution in [0.2, 0.25) is 0 Å². The average Bonchev–Trinajstić information content (AvgIpc) is 2.29. The molecule has 0 heterocycles. The zero-order valence-electron chi connectivity index (χ0n) is 11.2. The van der Waals surface area contributed by atoms with Gasteiger partial charge >= 0.3 is 0 Å². The third kappa shape index (κ3) is 4.86. The van der Waals surface area contributed by atoms with Crippen LogP contribution in [0.5, 0.6) is 0 Å². The first-order chi connectivity index (χ1) is 8.00. The SMILES string of the molecule is CN(C)C(=O)CCCN(C)C1CCC(=O)CC1. The second-order valence-corrected chi connectivity index (χ2v) is 5.14. The minimum absolute atomic E-state index is 0.192. The number of amides is 1. The predicted molar refractivity (Wildman–Crippen MR) is 67.8 cm³/mol. The molecule has 1 amide bonds. The summed E-state index contributed by atoms with van der Waals surface area (Å²) in [6, 6.07) is 0.530. The molecule has 0 N–H and O–H groups in total. The van der Waals surface area contributed by atoms with Crippen molar-refractivity contribution in [2.45, 2.75) is 44.6 Å². The normalized spacial score (nSPS) is 17.5. The lowest BCUT2D eigenvalue weighted by Crippen LogP contribution is -2.36. The van der Waals surface area contributed by atoms with E-state index in [1.54, 1.807) is 19.0 Å². The Labute approximate surface area is 104 Å². The minimum atomic E-state index is 0.192. The fourth-order valence-electron chi connectivity index (χ4n) is 2.25. The molecule has 0 unspecified atom stereocenters. The first kappa shape index (κ1) is 14.2. The number of hydrogen-bond donors (Lipinski definition) is 0. The quantitative estimate of drug-likeness (QED) is 0.727. The molecule has 4 nitrogen and oxygen atoms in total. The number of hydrogen-bond acceptors (Lipinski definition) is 3. The van der Waals surface area contributed by atoms with E-state index in [0.717, 1.165) is 38.6 Å². The van der Waals surface area contributed by atoms with Gasteiger partial charge in [0.15, 0.2) is 0 Å². The fraction of sp³-hybridized carbons (Fsp3) is 0.846. The van der Waals surface area contributed by atoms with Crippen molar-refractivity contribution in [3.8, 4) is 0 Å². The van der Waals surface area contributed by atoms with Crippen LogP contribution in [0, 0.1) is 0 Å². The van der Waals surface area contributed by atoms with Crippen LogP contribution in [0.25, 0.3) is 0 Å². The smallest absolute Gasteiger partial charge is 0.222 e. The van der Waals surface area contributed by atoms with E-state index < -0.39 is 0 Å². The van der Waals surface area contributed by atoms with Crippen molar-refractivity contribution in [2.75, 3.05) is 27.7 Å². The summed E-state index contributed by atoms with van der Waals surface area (Å²) < 4.78 is 0. The molecule has 0 bridgehead atoms. The van der Waals surface area contributed by atoms with Crippen LogP contribution in [0.4, 0.5) is 0 Å². The Hall–Kier alpha value is -0.900. The van der Waals surface area contributed by atoms with Gasteiger partial charge in [0, 0.05) is 39.4 Å². The molecule has 1 rings (SSSR count). The van der Waals surface area contributed by atoms with Crippen molar-refractivity contribution in [1.82, 2.24) is 9.80 Å². The fourth-order valence-corrected chi connectivity index (χ4v) is 2.25. The molecular weight excluding hydrogens is 216 g/mol. The number of ketones is 1. The molecule has 0 radical (unpaired) electrons. The maximum absolute atomic E-state index is 11.4. The van der Waals surface area contributed by atoms with Crippen molar-refractivity contribution in [3.63, 3.8) is 0 Å². The molecule has 0 atom stereocenters. The molecular formula is C13H24N2O2. The van der Waals surface area contributed by atoms with Gasteiger partial charge in [-0.1, -0.05) is 0 Å². The number of nitrogens with zero attached hydrogens (tertiary/aromatic N) is 2. The second-order valence-electron chi connectivity index (χ2n) is 5.14. The summed E-state index contributed by atoms with van der Waals surface area (Å²) in [6.45, 7) is 0.943. The first-order valence-corrected chi connectivity index (χ1v) is 6.43. The molecule has 4 heteroatoms. The van der Waals surface area contributed by atoms with E-state index in [-0.39, 0.29) is 5.91 Å². The predicted octanol–water partition coefficient (Wildman–Crippen LogP) is 1.30. The number of Topliss-reactive ketones (excluding diaryl/α,β-unsaturated/α-hetero) is 1. The highest BCUT2D eigenvalue weighted by atomic mass is 16.2. The van der Waals surface area contributed by atoms with Gasteiger partial charge in [-0.2, -0.15) is 0 Å². The van der Waals surface area contributed by atoms with Gasteiger partial charge in [-0.25, -0.2) is 0 Å². The first-order valence-electron chi connectivity index (χ1n) is 6.43. The highest BCUT2D eigenvalue weighted by molar-refractivity contribution is 5.79. The lowest BCUT2D eigenvalue weighted by atomic mass is 9.93. The molecule has 0 saturated heterocycles. The van der Waals surface area contributed by atoms with Crippen LogP contribution in [0.3, 0.4) is 0 Å². The van der Waals surface area contributed by atoms with Gasteiger partial charge in [0.2, 0.25) is 5.91 Å². The van der Waals surface area contributed by atoms with E-state index in [9.17, 15) is 9.59 Å². The third-order valence-electron chi connectivity index (χ3n) is 3.54. The average molecular weight is 240 g/mol. The van der Waals surface area contributed by atoms with Gasteiger partial charge in [-0.15, -0.1) is 0 Å². The van der Waals surface area contributed by atoms with E-state index in [2.05, 4.69) is 11.9 Å². The van der Waals surface area contributed by atoms with Gasteiger partial charge < -0.3 is 9.80 Å². The van der Waals surface area contributed by atoms with E-state index in [1.165, 1.54) is 0 Å². The van der Waals surface area contributed by atoms with Gasteiger partial charge in [0.1, 0.15) is 5.78 Å². The second kappa shape index (κ2) is 6.74. The largest absolute Gasteiger partial charge is 0.349 e. The summed E-state index contributed by atoms with van der Waals surface area (Å²) in [4.78, 5) is 26.5. The summed E-state index contributed by atoms with van der Waals surface area (Å²) in [5.41, 5.74) is 0. The van der Waals surface area contributed by atoms with Crippen LogP contribution >= 0.6 is 0 Å². The summed E-state index contributed by atoms with van der Waals surface area (Å²) >= 11 is 0. The summed E-state index contributed by atoms with van der Waals surface area (Å²) in [6.07, 6.45) is 4.94. The third-order valence-corrected chi connectivity index (χ3v) is 3.54. The molecule has 1 aliphatic rings. The Morgan fingerprint density at radius 1 is 1.24 bits per heavy atom. The number of rotatable bonds is 5. The number of carbonyl (C=O) groups excluding carboxylic acids is 2. The molecule has 17 heavy (non-hydrogen) atoms. The van der Waals surface area contributed by atoms with Crippen LogP contribution in [-0.2, 0) is 9.59 Å². The molecule has 0 aromatic heterocycles. The van der Waals surface area contributed by atoms with Crippen LogP contribution < -0.4 is 0 Å². The van der Waals surface area contributed by atoms with Crippen molar-refractivity contribution in [3.05, 3.63) is 0 Å². The molecule has 0 spiro atoms. The highest BCUT2D eigenvalue weighted by Crippen LogP contribution is 2.19. The van der Waals surface area contributed by atoms with Gasteiger partial charge in [-0.05, 0) is 32.9 Å². The molecule has 0 aliphatic heterocycles. The van der Waals surface area contributed by atoms with Gasteiger partial charge in [0.25, 0.3) is 0 Å². The van der Waals surface area contributed by atoms with Crippen molar-refractivity contribution in [2.24, 2.45) is 0 Å².